The Morgan fingerprint density at radius 1 is 0.940 bits per heavy atom. The molecule has 0 bridgehead atoms. The summed E-state index contributed by atoms with van der Waals surface area (Å²) in [6.07, 6.45) is 3.44. The van der Waals surface area contributed by atoms with Gasteiger partial charge in [-0.1, -0.05) is 23.7 Å². The molecule has 1 N–H and O–H groups in total. The van der Waals surface area contributed by atoms with Gasteiger partial charge in [-0.05, 0) is 111 Å². The summed E-state index contributed by atoms with van der Waals surface area (Å²) in [6.45, 7) is 5.97. The van der Waals surface area contributed by atoms with E-state index in [9.17, 15) is 18.6 Å². The van der Waals surface area contributed by atoms with Crippen molar-refractivity contribution >= 4 is 51.1 Å². The van der Waals surface area contributed by atoms with E-state index in [1.807, 2.05) is 12.1 Å². The average molecular weight is 722 g/mol. The highest BCUT2D eigenvalue weighted by molar-refractivity contribution is 7.85. The number of carbonyl (C=O) groups is 3. The SMILES string of the molecule is COc1ccc2c(c1)c(CC(=O)OCCCS(=O)CC(=O)NCCCOc1cccc(CN3CCCC3)c1)c(C)n2C(=O)c1ccc(Cl)cc1. The molecule has 12 heteroatoms. The number of amides is 1. The predicted molar refractivity (Wildman–Crippen MR) is 196 cm³/mol. The van der Waals surface area contributed by atoms with Crippen LogP contribution < -0.4 is 14.8 Å². The molecule has 5 rings (SSSR count). The second kappa shape index (κ2) is 18.2. The van der Waals surface area contributed by atoms with Gasteiger partial charge in [0.2, 0.25) is 5.91 Å². The van der Waals surface area contributed by atoms with Gasteiger partial charge in [0, 0.05) is 51.3 Å². The summed E-state index contributed by atoms with van der Waals surface area (Å²) < 4.78 is 30.8. The number of hydrogen-bond acceptors (Lipinski definition) is 8. The number of hydrogen-bond donors (Lipinski definition) is 1. The Morgan fingerprint density at radius 3 is 2.48 bits per heavy atom. The predicted octanol–water partition coefficient (Wildman–Crippen LogP) is 5.71. The highest BCUT2D eigenvalue weighted by Crippen LogP contribution is 2.31. The van der Waals surface area contributed by atoms with Crippen molar-refractivity contribution in [3.8, 4) is 11.5 Å². The van der Waals surface area contributed by atoms with Gasteiger partial charge < -0.3 is 19.5 Å². The third kappa shape index (κ3) is 10.2. The van der Waals surface area contributed by atoms with Crippen LogP contribution in [0.25, 0.3) is 10.9 Å². The Hall–Kier alpha value is -4.19. The van der Waals surface area contributed by atoms with Crippen LogP contribution in [0, 0.1) is 6.92 Å². The van der Waals surface area contributed by atoms with E-state index in [1.54, 1.807) is 61.1 Å². The zero-order valence-corrected chi connectivity index (χ0v) is 30.2. The quantitative estimate of drug-likeness (QED) is 0.109. The molecule has 1 fully saturated rings. The number of aromatic nitrogens is 1. The van der Waals surface area contributed by atoms with Crippen molar-refractivity contribution in [3.05, 3.63) is 94.1 Å². The number of ether oxygens (including phenoxy) is 3. The molecule has 0 radical (unpaired) electrons. The molecular formula is C38H44ClN3O7S. The van der Waals surface area contributed by atoms with Gasteiger partial charge in [0.05, 0.1) is 32.3 Å². The maximum absolute atomic E-state index is 13.5. The van der Waals surface area contributed by atoms with Crippen molar-refractivity contribution in [3.63, 3.8) is 0 Å². The second-order valence-electron chi connectivity index (χ2n) is 12.3. The molecule has 1 aliphatic rings. The van der Waals surface area contributed by atoms with Crippen LogP contribution in [0.2, 0.25) is 5.02 Å². The van der Waals surface area contributed by atoms with E-state index in [0.717, 1.165) is 25.4 Å². The van der Waals surface area contributed by atoms with Crippen LogP contribution in [0.5, 0.6) is 11.5 Å². The summed E-state index contributed by atoms with van der Waals surface area (Å²) in [7, 11) is 0.159. The Labute approximate surface area is 300 Å². The Morgan fingerprint density at radius 2 is 1.72 bits per heavy atom. The van der Waals surface area contributed by atoms with Gasteiger partial charge in [0.25, 0.3) is 5.91 Å². The van der Waals surface area contributed by atoms with Gasteiger partial charge in [0.15, 0.2) is 0 Å². The van der Waals surface area contributed by atoms with Crippen molar-refractivity contribution in [2.24, 2.45) is 0 Å². The molecular weight excluding hydrogens is 678 g/mol. The number of benzene rings is 3. The van der Waals surface area contributed by atoms with Gasteiger partial charge in [-0.25, -0.2) is 0 Å². The van der Waals surface area contributed by atoms with E-state index in [1.165, 1.54) is 18.4 Å². The third-order valence-corrected chi connectivity index (χ3v) is 10.2. The summed E-state index contributed by atoms with van der Waals surface area (Å²) >= 11 is 6.02. The molecule has 3 aromatic carbocycles. The number of nitrogens with zero attached hydrogens (tertiary/aromatic N) is 2. The topological polar surface area (TPSA) is 116 Å². The van der Waals surface area contributed by atoms with Gasteiger partial charge in [-0.3, -0.25) is 28.1 Å². The molecule has 266 valence electrons. The molecule has 1 aliphatic heterocycles. The summed E-state index contributed by atoms with van der Waals surface area (Å²) in [5.41, 5.74) is 3.61. The van der Waals surface area contributed by atoms with Crippen LogP contribution >= 0.6 is 11.6 Å². The number of esters is 1. The number of fused-ring (bicyclic) bond motifs is 1. The molecule has 1 aromatic heterocycles. The summed E-state index contributed by atoms with van der Waals surface area (Å²) in [6, 6.07) is 20.1. The van der Waals surface area contributed by atoms with Crippen molar-refractivity contribution in [2.75, 3.05) is 51.5 Å². The molecule has 1 amide bonds. The Balaban J connectivity index is 1.02. The first-order chi connectivity index (χ1) is 24.2. The maximum Gasteiger partial charge on any atom is 0.310 e. The van der Waals surface area contributed by atoms with Crippen LogP contribution in [-0.2, 0) is 38.1 Å². The first-order valence-electron chi connectivity index (χ1n) is 16.9. The van der Waals surface area contributed by atoms with Crippen molar-refractivity contribution in [2.45, 2.75) is 45.6 Å². The summed E-state index contributed by atoms with van der Waals surface area (Å²) in [4.78, 5) is 41.2. The van der Waals surface area contributed by atoms with Crippen molar-refractivity contribution in [1.82, 2.24) is 14.8 Å². The molecule has 0 aliphatic carbocycles. The number of nitrogens with one attached hydrogen (secondary N) is 1. The first-order valence-corrected chi connectivity index (χ1v) is 18.8. The monoisotopic (exact) mass is 721 g/mol. The van der Waals surface area contributed by atoms with Crippen LogP contribution in [-0.4, -0.2) is 82.9 Å². The third-order valence-electron chi connectivity index (χ3n) is 8.64. The van der Waals surface area contributed by atoms with E-state index in [-0.39, 0.29) is 36.3 Å². The standard InChI is InChI=1S/C38H44ClN3O7S/c1-27-33(34-23-31(47-2)14-15-35(34)42(27)38(45)29-10-12-30(39)13-11-29)24-37(44)49-20-7-21-50(46)26-36(43)40-16-6-19-48-32-9-5-8-28(22-32)25-41-17-3-4-18-41/h5,8-15,22-23H,3-4,6-7,16-21,24-26H2,1-2H3,(H,40,43). The Bertz CT molecular complexity index is 1820. The van der Waals surface area contributed by atoms with Gasteiger partial charge in [0.1, 0.15) is 17.3 Å². The highest BCUT2D eigenvalue weighted by Gasteiger charge is 2.23. The minimum Gasteiger partial charge on any atom is -0.497 e. The molecule has 4 aromatic rings. The zero-order valence-electron chi connectivity index (χ0n) is 28.6. The number of methoxy groups -OCH3 is 1. The maximum atomic E-state index is 13.5. The summed E-state index contributed by atoms with van der Waals surface area (Å²) in [5, 5.41) is 4.04. The average Bonchev–Trinajstić information content (AvgIpc) is 3.71. The lowest BCUT2D eigenvalue weighted by atomic mass is 10.1. The fourth-order valence-electron chi connectivity index (χ4n) is 6.09. The number of halogens is 1. The highest BCUT2D eigenvalue weighted by atomic mass is 35.5. The van der Waals surface area contributed by atoms with Crippen LogP contribution in [0.15, 0.2) is 66.7 Å². The van der Waals surface area contributed by atoms with Gasteiger partial charge in [-0.15, -0.1) is 0 Å². The van der Waals surface area contributed by atoms with Crippen LogP contribution in [0.3, 0.4) is 0 Å². The van der Waals surface area contributed by atoms with E-state index < -0.39 is 16.8 Å². The molecule has 1 unspecified atom stereocenters. The lowest BCUT2D eigenvalue weighted by molar-refractivity contribution is -0.142. The largest absolute Gasteiger partial charge is 0.497 e. The fraction of sp³-hybridized carbons (Fsp3) is 0.395. The fourth-order valence-corrected chi connectivity index (χ4v) is 7.19. The molecule has 0 spiro atoms. The van der Waals surface area contributed by atoms with Gasteiger partial charge in [-0.2, -0.15) is 0 Å². The molecule has 2 heterocycles. The first kappa shape index (κ1) is 37.1. The minimum atomic E-state index is -1.39. The molecule has 1 saturated heterocycles. The van der Waals surface area contributed by atoms with E-state index >= 15 is 0 Å². The van der Waals surface area contributed by atoms with E-state index in [2.05, 4.69) is 22.3 Å². The minimum absolute atomic E-state index is 0.0599. The van der Waals surface area contributed by atoms with Gasteiger partial charge >= 0.3 is 5.97 Å². The second-order valence-corrected chi connectivity index (χ2v) is 14.3. The lowest BCUT2D eigenvalue weighted by Gasteiger charge is -2.15. The molecule has 0 saturated carbocycles. The molecule has 1 atom stereocenters. The van der Waals surface area contributed by atoms with Crippen LogP contribution in [0.1, 0.15) is 52.9 Å². The number of carbonyl (C=O) groups excluding carboxylic acids is 3. The number of rotatable bonds is 17. The zero-order chi connectivity index (χ0) is 35.5. The molecule has 10 nitrogen and oxygen atoms in total. The Kier molecular flexibility index (Phi) is 13.5. The normalized spacial score (nSPS) is 13.7. The van der Waals surface area contributed by atoms with Crippen LogP contribution in [0.4, 0.5) is 0 Å². The van der Waals surface area contributed by atoms with E-state index in [4.69, 9.17) is 25.8 Å². The molecule has 50 heavy (non-hydrogen) atoms. The van der Waals surface area contributed by atoms with E-state index in [0.29, 0.717) is 64.5 Å². The smallest absolute Gasteiger partial charge is 0.310 e. The lowest BCUT2D eigenvalue weighted by Crippen LogP contribution is -2.30. The summed E-state index contributed by atoms with van der Waals surface area (Å²) in [5.74, 6) is 0.514. The van der Waals surface area contributed by atoms with Crippen molar-refractivity contribution in [1.29, 1.82) is 0 Å². The van der Waals surface area contributed by atoms with Crippen molar-refractivity contribution < 1.29 is 32.8 Å². The number of likely N-dealkylation sites (tertiary alicyclic amines) is 1.